The topological polar surface area (TPSA) is 67.2 Å². The van der Waals surface area contributed by atoms with Crippen molar-refractivity contribution in [3.8, 4) is 0 Å². The molecule has 6 nitrogen and oxygen atoms in total. The molecule has 0 aliphatic carbocycles. The Bertz CT molecular complexity index is 495. The van der Waals surface area contributed by atoms with E-state index in [1.807, 2.05) is 26.8 Å². The molecule has 0 saturated carbocycles. The van der Waals surface area contributed by atoms with Crippen molar-refractivity contribution < 1.29 is 9.59 Å². The molecule has 1 aliphatic rings. The summed E-state index contributed by atoms with van der Waals surface area (Å²) in [6.07, 6.45) is 0.634. The fourth-order valence-corrected chi connectivity index (χ4v) is 2.47. The van der Waals surface area contributed by atoms with E-state index in [1.165, 1.54) is 0 Å². The number of hydrogen-bond acceptors (Lipinski definition) is 3. The molecule has 1 aliphatic heterocycles. The number of nitrogens with zero attached hydrogens (tertiary/aromatic N) is 3. The summed E-state index contributed by atoms with van der Waals surface area (Å²) in [5.74, 6) is -0.108. The van der Waals surface area contributed by atoms with Crippen LogP contribution in [0.2, 0.25) is 0 Å². The van der Waals surface area contributed by atoms with Gasteiger partial charge in [-0.05, 0) is 26.3 Å². The Hall–Kier alpha value is -1.85. The van der Waals surface area contributed by atoms with Crippen molar-refractivity contribution in [3.05, 3.63) is 17.5 Å². The van der Waals surface area contributed by atoms with E-state index >= 15 is 0 Å². The lowest BCUT2D eigenvalue weighted by molar-refractivity contribution is -0.143. The van der Waals surface area contributed by atoms with Gasteiger partial charge in [-0.3, -0.25) is 14.3 Å². The maximum atomic E-state index is 12.3. The van der Waals surface area contributed by atoms with Gasteiger partial charge in [0.25, 0.3) is 0 Å². The molecule has 1 saturated heterocycles. The first-order chi connectivity index (χ1) is 9.02. The predicted molar refractivity (Wildman–Crippen MR) is 70.5 cm³/mol. The van der Waals surface area contributed by atoms with E-state index in [2.05, 4.69) is 10.4 Å². The summed E-state index contributed by atoms with van der Waals surface area (Å²) in [5, 5.41) is 7.08. The van der Waals surface area contributed by atoms with Crippen LogP contribution in [-0.4, -0.2) is 45.6 Å². The molecule has 1 atom stereocenters. The lowest BCUT2D eigenvalue weighted by Crippen LogP contribution is -2.57. The van der Waals surface area contributed by atoms with Gasteiger partial charge in [0.2, 0.25) is 11.8 Å². The largest absolute Gasteiger partial charge is 0.353 e. The van der Waals surface area contributed by atoms with E-state index in [4.69, 9.17) is 0 Å². The minimum atomic E-state index is -0.349. The minimum absolute atomic E-state index is 0.0482. The lowest BCUT2D eigenvalue weighted by atomic mass is 10.1. The summed E-state index contributed by atoms with van der Waals surface area (Å²) in [7, 11) is 0. The van der Waals surface area contributed by atoms with Crippen LogP contribution in [0.15, 0.2) is 6.07 Å². The Morgan fingerprint density at radius 1 is 1.53 bits per heavy atom. The molecular weight excluding hydrogens is 244 g/mol. The zero-order chi connectivity index (χ0) is 14.0. The zero-order valence-electron chi connectivity index (χ0n) is 11.6. The van der Waals surface area contributed by atoms with Crippen LogP contribution in [0.1, 0.15) is 24.7 Å². The van der Waals surface area contributed by atoms with E-state index < -0.39 is 0 Å². The summed E-state index contributed by atoms with van der Waals surface area (Å²) < 4.78 is 1.69. The Morgan fingerprint density at radius 2 is 2.26 bits per heavy atom. The Balaban J connectivity index is 2.10. The van der Waals surface area contributed by atoms with Crippen molar-refractivity contribution in [2.75, 3.05) is 13.1 Å². The average molecular weight is 264 g/mol. The number of aryl methyl sites for hydroxylation is 2. The second-order valence-electron chi connectivity index (χ2n) is 4.89. The summed E-state index contributed by atoms with van der Waals surface area (Å²) in [6.45, 7) is 7.04. The molecular formula is C13H20N4O2. The van der Waals surface area contributed by atoms with E-state index in [-0.39, 0.29) is 24.4 Å². The van der Waals surface area contributed by atoms with Gasteiger partial charge >= 0.3 is 0 Å². The first kappa shape index (κ1) is 13.6. The molecule has 1 N–H and O–H groups in total. The molecule has 0 spiro atoms. The maximum absolute atomic E-state index is 12.3. The molecule has 19 heavy (non-hydrogen) atoms. The van der Waals surface area contributed by atoms with Crippen molar-refractivity contribution in [2.45, 2.75) is 39.8 Å². The van der Waals surface area contributed by atoms with Crippen LogP contribution < -0.4 is 5.32 Å². The van der Waals surface area contributed by atoms with Crippen molar-refractivity contribution in [1.82, 2.24) is 20.0 Å². The Kier molecular flexibility index (Phi) is 3.87. The molecule has 1 aromatic rings. The Morgan fingerprint density at radius 3 is 2.84 bits per heavy atom. The number of rotatable bonds is 3. The molecule has 0 radical (unpaired) electrons. The van der Waals surface area contributed by atoms with Crippen LogP contribution in [-0.2, 0) is 16.1 Å². The summed E-state index contributed by atoms with van der Waals surface area (Å²) in [5.41, 5.74) is 1.86. The zero-order valence-corrected chi connectivity index (χ0v) is 11.6. The van der Waals surface area contributed by atoms with Gasteiger partial charge in [0, 0.05) is 18.8 Å². The summed E-state index contributed by atoms with van der Waals surface area (Å²) in [4.78, 5) is 25.7. The van der Waals surface area contributed by atoms with Gasteiger partial charge < -0.3 is 10.2 Å². The number of carbonyl (C=O) groups excluding carboxylic acids is 2. The molecule has 2 amide bonds. The maximum Gasteiger partial charge on any atom is 0.245 e. The fourth-order valence-electron chi connectivity index (χ4n) is 2.47. The van der Waals surface area contributed by atoms with Crippen LogP contribution in [0, 0.1) is 13.8 Å². The monoisotopic (exact) mass is 264 g/mol. The highest BCUT2D eigenvalue weighted by molar-refractivity contribution is 5.88. The average Bonchev–Trinajstić information content (AvgIpc) is 2.67. The molecule has 0 bridgehead atoms. The quantitative estimate of drug-likeness (QED) is 0.850. The van der Waals surface area contributed by atoms with Crippen LogP contribution in [0.5, 0.6) is 0 Å². The third kappa shape index (κ3) is 2.77. The number of amides is 2. The molecule has 1 aromatic heterocycles. The molecule has 2 heterocycles. The molecule has 0 aromatic carbocycles. The molecule has 104 valence electrons. The van der Waals surface area contributed by atoms with E-state index in [9.17, 15) is 9.59 Å². The van der Waals surface area contributed by atoms with E-state index in [1.54, 1.807) is 9.58 Å². The van der Waals surface area contributed by atoms with Gasteiger partial charge in [-0.25, -0.2) is 0 Å². The van der Waals surface area contributed by atoms with Crippen molar-refractivity contribution >= 4 is 11.8 Å². The normalized spacial score (nSPS) is 19.4. The summed E-state index contributed by atoms with van der Waals surface area (Å²) >= 11 is 0. The van der Waals surface area contributed by atoms with E-state index in [0.717, 1.165) is 11.4 Å². The first-order valence-electron chi connectivity index (χ1n) is 6.61. The second-order valence-corrected chi connectivity index (χ2v) is 4.89. The highest BCUT2D eigenvalue weighted by Gasteiger charge is 2.31. The number of piperazine rings is 1. The number of hydrogen-bond donors (Lipinski definition) is 1. The van der Waals surface area contributed by atoms with E-state index in [0.29, 0.717) is 19.5 Å². The van der Waals surface area contributed by atoms with Gasteiger partial charge in [-0.2, -0.15) is 5.10 Å². The van der Waals surface area contributed by atoms with Gasteiger partial charge in [0.05, 0.1) is 5.69 Å². The smallest absolute Gasteiger partial charge is 0.245 e. The number of nitrogens with one attached hydrogen (secondary N) is 1. The van der Waals surface area contributed by atoms with Crippen LogP contribution in [0.3, 0.4) is 0 Å². The first-order valence-corrected chi connectivity index (χ1v) is 6.61. The molecule has 6 heteroatoms. The van der Waals surface area contributed by atoms with Gasteiger partial charge in [0.1, 0.15) is 12.6 Å². The molecule has 1 fully saturated rings. The predicted octanol–water partition coefficient (Wildman–Crippen LogP) is 0.237. The van der Waals surface area contributed by atoms with Crippen molar-refractivity contribution in [2.24, 2.45) is 0 Å². The summed E-state index contributed by atoms with van der Waals surface area (Å²) in [6, 6.07) is 1.59. The number of carbonyl (C=O) groups is 2. The number of aromatic nitrogens is 2. The fraction of sp³-hybridized carbons (Fsp3) is 0.615. The lowest BCUT2D eigenvalue weighted by Gasteiger charge is -2.34. The highest BCUT2D eigenvalue weighted by Crippen LogP contribution is 2.10. The highest BCUT2D eigenvalue weighted by atomic mass is 16.2. The van der Waals surface area contributed by atoms with Crippen molar-refractivity contribution in [1.29, 1.82) is 0 Å². The SMILES string of the molecule is CCC1C(=O)NCCN1C(=O)Cn1nc(C)cc1C. The molecule has 2 rings (SSSR count). The van der Waals surface area contributed by atoms with Crippen LogP contribution in [0.25, 0.3) is 0 Å². The van der Waals surface area contributed by atoms with Gasteiger partial charge in [0.15, 0.2) is 0 Å². The van der Waals surface area contributed by atoms with Gasteiger partial charge in [-0.1, -0.05) is 6.92 Å². The third-order valence-corrected chi connectivity index (χ3v) is 3.43. The standard InChI is InChI=1S/C13H20N4O2/c1-4-11-13(19)14-5-6-16(11)12(18)8-17-10(3)7-9(2)15-17/h7,11H,4-6,8H2,1-3H3,(H,14,19). The third-order valence-electron chi connectivity index (χ3n) is 3.43. The van der Waals surface area contributed by atoms with Gasteiger partial charge in [-0.15, -0.1) is 0 Å². The van der Waals surface area contributed by atoms with Crippen molar-refractivity contribution in [3.63, 3.8) is 0 Å². The second kappa shape index (κ2) is 5.42. The van der Waals surface area contributed by atoms with Crippen LogP contribution >= 0.6 is 0 Å². The van der Waals surface area contributed by atoms with Crippen LogP contribution in [0.4, 0.5) is 0 Å². The molecule has 1 unspecified atom stereocenters. The Labute approximate surface area is 112 Å². The minimum Gasteiger partial charge on any atom is -0.353 e.